The maximum Gasteiger partial charge on any atom is 0.105 e. The zero-order chi connectivity index (χ0) is 11.7. The highest BCUT2D eigenvalue weighted by Gasteiger charge is 2.13. The number of aliphatic hydroxyl groups is 1. The summed E-state index contributed by atoms with van der Waals surface area (Å²) in [6, 6.07) is 9.82. The Morgan fingerprint density at radius 3 is 2.94 bits per heavy atom. The van der Waals surface area contributed by atoms with Crippen LogP contribution in [0.5, 0.6) is 0 Å². The first-order valence-corrected chi connectivity index (χ1v) is 6.33. The Labute approximate surface area is 103 Å². The minimum atomic E-state index is -0.563. The molecule has 1 unspecified atom stereocenters. The molecule has 3 aromatic rings. The maximum atomic E-state index is 10.4. The standard InChI is InChI=1S/C14H11NOS/c16-14(11-5-7-17-9-11)13-3-1-2-10-8-15-6-4-12(10)13/h1-9,14,16H. The van der Waals surface area contributed by atoms with Crippen molar-refractivity contribution in [3.8, 4) is 0 Å². The van der Waals surface area contributed by atoms with E-state index in [0.29, 0.717) is 0 Å². The molecule has 84 valence electrons. The lowest BCUT2D eigenvalue weighted by atomic mass is 9.99. The number of thiophene rings is 1. The highest BCUT2D eigenvalue weighted by molar-refractivity contribution is 7.08. The average Bonchev–Trinajstić information content (AvgIpc) is 2.91. The molecule has 3 rings (SSSR count). The molecular weight excluding hydrogens is 230 g/mol. The first kappa shape index (κ1) is 10.4. The van der Waals surface area contributed by atoms with Gasteiger partial charge in [-0.25, -0.2) is 0 Å². The second kappa shape index (κ2) is 4.28. The van der Waals surface area contributed by atoms with E-state index in [1.54, 1.807) is 17.5 Å². The molecule has 0 spiro atoms. The summed E-state index contributed by atoms with van der Waals surface area (Å²) in [6.07, 6.45) is 3.01. The molecule has 2 heterocycles. The summed E-state index contributed by atoms with van der Waals surface area (Å²) in [7, 11) is 0. The highest BCUT2D eigenvalue weighted by Crippen LogP contribution is 2.29. The van der Waals surface area contributed by atoms with Crippen LogP contribution in [0.2, 0.25) is 0 Å². The molecule has 0 aliphatic heterocycles. The summed E-state index contributed by atoms with van der Waals surface area (Å²) in [5.74, 6) is 0. The second-order valence-corrected chi connectivity index (χ2v) is 4.68. The fourth-order valence-corrected chi connectivity index (χ4v) is 2.68. The summed E-state index contributed by atoms with van der Waals surface area (Å²) < 4.78 is 0. The van der Waals surface area contributed by atoms with Gasteiger partial charge in [-0.05, 0) is 39.4 Å². The zero-order valence-corrected chi connectivity index (χ0v) is 9.89. The zero-order valence-electron chi connectivity index (χ0n) is 9.08. The predicted octanol–water partition coefficient (Wildman–Crippen LogP) is 3.38. The van der Waals surface area contributed by atoms with Gasteiger partial charge in [-0.1, -0.05) is 18.2 Å². The summed E-state index contributed by atoms with van der Waals surface area (Å²) in [5, 5.41) is 16.4. The van der Waals surface area contributed by atoms with Crippen LogP contribution in [0.3, 0.4) is 0 Å². The normalized spacial score (nSPS) is 12.8. The smallest absolute Gasteiger partial charge is 0.105 e. The average molecular weight is 241 g/mol. The summed E-state index contributed by atoms with van der Waals surface area (Å²) in [4.78, 5) is 4.10. The molecular formula is C14H11NOS. The number of nitrogens with zero attached hydrogens (tertiary/aromatic N) is 1. The van der Waals surface area contributed by atoms with E-state index in [-0.39, 0.29) is 0 Å². The number of hydrogen-bond acceptors (Lipinski definition) is 3. The topological polar surface area (TPSA) is 33.1 Å². The Morgan fingerprint density at radius 1 is 1.18 bits per heavy atom. The van der Waals surface area contributed by atoms with Crippen LogP contribution < -0.4 is 0 Å². The number of aromatic nitrogens is 1. The van der Waals surface area contributed by atoms with Gasteiger partial charge in [0.1, 0.15) is 6.10 Å². The van der Waals surface area contributed by atoms with Gasteiger partial charge in [0.25, 0.3) is 0 Å². The van der Waals surface area contributed by atoms with Gasteiger partial charge in [0.2, 0.25) is 0 Å². The third kappa shape index (κ3) is 1.84. The van der Waals surface area contributed by atoms with Crippen LogP contribution in [0, 0.1) is 0 Å². The van der Waals surface area contributed by atoms with Crippen molar-refractivity contribution in [2.24, 2.45) is 0 Å². The summed E-state index contributed by atoms with van der Waals surface area (Å²) in [6.45, 7) is 0. The van der Waals surface area contributed by atoms with Crippen molar-refractivity contribution in [3.63, 3.8) is 0 Å². The van der Waals surface area contributed by atoms with E-state index in [2.05, 4.69) is 4.98 Å². The molecule has 0 aliphatic rings. The predicted molar refractivity (Wildman–Crippen MR) is 70.1 cm³/mol. The lowest BCUT2D eigenvalue weighted by Crippen LogP contribution is -1.98. The van der Waals surface area contributed by atoms with Crippen LogP contribution in [0.25, 0.3) is 10.8 Å². The maximum absolute atomic E-state index is 10.4. The minimum absolute atomic E-state index is 0.563. The fraction of sp³-hybridized carbons (Fsp3) is 0.0714. The second-order valence-electron chi connectivity index (χ2n) is 3.90. The molecule has 1 aromatic carbocycles. The van der Waals surface area contributed by atoms with Gasteiger partial charge < -0.3 is 5.11 Å². The van der Waals surface area contributed by atoms with Crippen LogP contribution in [-0.2, 0) is 0 Å². The third-order valence-electron chi connectivity index (χ3n) is 2.87. The highest BCUT2D eigenvalue weighted by atomic mass is 32.1. The van der Waals surface area contributed by atoms with E-state index in [0.717, 1.165) is 21.9 Å². The molecule has 0 saturated heterocycles. The van der Waals surface area contributed by atoms with Crippen molar-refractivity contribution in [2.75, 3.05) is 0 Å². The molecule has 17 heavy (non-hydrogen) atoms. The van der Waals surface area contributed by atoms with E-state index >= 15 is 0 Å². The number of fused-ring (bicyclic) bond motifs is 1. The van der Waals surface area contributed by atoms with E-state index in [1.165, 1.54) is 0 Å². The molecule has 3 heteroatoms. The van der Waals surface area contributed by atoms with Crippen molar-refractivity contribution in [3.05, 3.63) is 64.6 Å². The molecule has 2 aromatic heterocycles. The van der Waals surface area contributed by atoms with Gasteiger partial charge >= 0.3 is 0 Å². The van der Waals surface area contributed by atoms with E-state index in [9.17, 15) is 5.11 Å². The van der Waals surface area contributed by atoms with Crippen molar-refractivity contribution in [1.82, 2.24) is 4.98 Å². The van der Waals surface area contributed by atoms with Crippen molar-refractivity contribution < 1.29 is 5.11 Å². The Hall–Kier alpha value is -1.71. The quantitative estimate of drug-likeness (QED) is 0.746. The largest absolute Gasteiger partial charge is 0.384 e. The summed E-state index contributed by atoms with van der Waals surface area (Å²) >= 11 is 1.60. The van der Waals surface area contributed by atoms with Gasteiger partial charge in [0.05, 0.1) is 0 Å². The molecule has 0 fully saturated rings. The SMILES string of the molecule is OC(c1ccsc1)c1cccc2cnccc12. The van der Waals surface area contributed by atoms with Crippen molar-refractivity contribution in [2.45, 2.75) is 6.10 Å². The minimum Gasteiger partial charge on any atom is -0.384 e. The van der Waals surface area contributed by atoms with E-state index in [4.69, 9.17) is 0 Å². The van der Waals surface area contributed by atoms with Crippen molar-refractivity contribution >= 4 is 22.1 Å². The van der Waals surface area contributed by atoms with Crippen LogP contribution in [0.4, 0.5) is 0 Å². The molecule has 0 bridgehead atoms. The first-order valence-electron chi connectivity index (χ1n) is 5.39. The molecule has 1 atom stereocenters. The number of hydrogen-bond donors (Lipinski definition) is 1. The van der Waals surface area contributed by atoms with Gasteiger partial charge in [0, 0.05) is 17.8 Å². The monoisotopic (exact) mass is 241 g/mol. The van der Waals surface area contributed by atoms with Gasteiger partial charge in [0.15, 0.2) is 0 Å². The van der Waals surface area contributed by atoms with Gasteiger partial charge in [-0.15, -0.1) is 0 Å². The Kier molecular flexibility index (Phi) is 2.63. The van der Waals surface area contributed by atoms with Gasteiger partial charge in [-0.3, -0.25) is 4.98 Å². The molecule has 0 amide bonds. The van der Waals surface area contributed by atoms with E-state index < -0.39 is 6.10 Å². The van der Waals surface area contributed by atoms with Crippen LogP contribution in [-0.4, -0.2) is 10.1 Å². The Morgan fingerprint density at radius 2 is 2.12 bits per heavy atom. The van der Waals surface area contributed by atoms with Crippen molar-refractivity contribution in [1.29, 1.82) is 0 Å². The molecule has 1 N–H and O–H groups in total. The lowest BCUT2D eigenvalue weighted by Gasteiger charge is -2.12. The molecule has 0 saturated carbocycles. The number of benzene rings is 1. The third-order valence-corrected chi connectivity index (χ3v) is 3.57. The number of pyridine rings is 1. The van der Waals surface area contributed by atoms with Crippen LogP contribution in [0.15, 0.2) is 53.5 Å². The number of aliphatic hydroxyl groups excluding tert-OH is 1. The van der Waals surface area contributed by atoms with E-state index in [1.807, 2.05) is 47.3 Å². The van der Waals surface area contributed by atoms with Crippen LogP contribution in [0.1, 0.15) is 17.2 Å². The number of rotatable bonds is 2. The Bertz CT molecular complexity index is 628. The lowest BCUT2D eigenvalue weighted by molar-refractivity contribution is 0.222. The molecule has 0 radical (unpaired) electrons. The molecule has 2 nitrogen and oxygen atoms in total. The van der Waals surface area contributed by atoms with Crippen LogP contribution >= 0.6 is 11.3 Å². The first-order chi connectivity index (χ1) is 8.36. The Balaban J connectivity index is 2.17. The fourth-order valence-electron chi connectivity index (χ4n) is 2.00. The van der Waals surface area contributed by atoms with Gasteiger partial charge in [-0.2, -0.15) is 11.3 Å². The summed E-state index contributed by atoms with van der Waals surface area (Å²) in [5.41, 5.74) is 1.88. The molecule has 0 aliphatic carbocycles.